The lowest BCUT2D eigenvalue weighted by molar-refractivity contribution is 0.112. The van der Waals surface area contributed by atoms with Crippen LogP contribution in [0.1, 0.15) is 15.9 Å². The minimum absolute atomic E-state index is 0.299. The summed E-state index contributed by atoms with van der Waals surface area (Å²) in [5.41, 5.74) is 2.91. The van der Waals surface area contributed by atoms with E-state index in [1.807, 2.05) is 10.6 Å². The summed E-state index contributed by atoms with van der Waals surface area (Å²) in [4.78, 5) is 25.0. The van der Waals surface area contributed by atoms with E-state index in [1.165, 1.54) is 12.1 Å². The maximum atomic E-state index is 13.1. The Labute approximate surface area is 140 Å². The molecule has 25 heavy (non-hydrogen) atoms. The molecule has 0 aliphatic carbocycles. The van der Waals surface area contributed by atoms with E-state index in [4.69, 9.17) is 0 Å². The predicted octanol–water partition coefficient (Wildman–Crippen LogP) is 2.98. The van der Waals surface area contributed by atoms with Gasteiger partial charge in [0, 0.05) is 34.8 Å². The maximum absolute atomic E-state index is 13.1. The first-order valence-electron chi connectivity index (χ1n) is 7.53. The van der Waals surface area contributed by atoms with Gasteiger partial charge in [0.15, 0.2) is 12.1 Å². The first-order chi connectivity index (χ1) is 12.1. The predicted molar refractivity (Wildman–Crippen MR) is 88.9 cm³/mol. The fourth-order valence-corrected chi connectivity index (χ4v) is 2.83. The Bertz CT molecular complexity index is 1120. The molecule has 0 radical (unpaired) electrons. The normalized spacial score (nSPS) is 11.1. The van der Waals surface area contributed by atoms with Gasteiger partial charge in [-0.2, -0.15) is 0 Å². The first kappa shape index (κ1) is 15.1. The van der Waals surface area contributed by atoms with Crippen molar-refractivity contribution in [3.8, 4) is 11.4 Å². The number of nitrogens with one attached hydrogen (secondary N) is 1. The fraction of sp³-hybridized carbons (Fsp3) is 0.0556. The Morgan fingerprint density at radius 3 is 2.68 bits per heavy atom. The Hall–Kier alpha value is -3.48. The highest BCUT2D eigenvalue weighted by Crippen LogP contribution is 2.26. The fourth-order valence-electron chi connectivity index (χ4n) is 2.83. The second kappa shape index (κ2) is 5.86. The molecule has 0 unspecified atom stereocenters. The summed E-state index contributed by atoms with van der Waals surface area (Å²) < 4.78 is 19.5. The molecule has 4 rings (SSSR count). The summed E-state index contributed by atoms with van der Waals surface area (Å²) >= 11 is 0. The molecule has 4 aromatic rings. The number of aromatic nitrogens is 3. The maximum Gasteiger partial charge on any atom is 0.439 e. The van der Waals surface area contributed by atoms with Gasteiger partial charge in [0.05, 0.1) is 0 Å². The summed E-state index contributed by atoms with van der Waals surface area (Å²) in [5, 5.41) is 4.46. The van der Waals surface area contributed by atoms with E-state index in [-0.39, 0.29) is 5.82 Å². The molecule has 1 N–H and O–H groups in total. The Balaban J connectivity index is 1.83. The van der Waals surface area contributed by atoms with Crippen molar-refractivity contribution >= 4 is 17.2 Å². The van der Waals surface area contributed by atoms with E-state index in [2.05, 4.69) is 14.7 Å². The molecule has 6 nitrogen and oxygen atoms in total. The van der Waals surface area contributed by atoms with Gasteiger partial charge in [-0.05, 0) is 23.8 Å². The molecule has 124 valence electrons. The lowest BCUT2D eigenvalue weighted by Gasteiger charge is -2.06. The van der Waals surface area contributed by atoms with Crippen LogP contribution >= 0.6 is 0 Å². The van der Waals surface area contributed by atoms with Crippen molar-refractivity contribution in [3.05, 3.63) is 76.2 Å². The number of hydrogen-bond donors (Lipinski definition) is 1. The number of aldehydes is 1. The van der Waals surface area contributed by atoms with E-state index in [9.17, 15) is 14.0 Å². The van der Waals surface area contributed by atoms with Crippen LogP contribution in [0.5, 0.6) is 0 Å². The molecule has 0 amide bonds. The van der Waals surface area contributed by atoms with Gasteiger partial charge in [-0.1, -0.05) is 29.4 Å². The van der Waals surface area contributed by atoms with E-state index >= 15 is 0 Å². The van der Waals surface area contributed by atoms with E-state index in [0.717, 1.165) is 22.8 Å². The Morgan fingerprint density at radius 2 is 2.00 bits per heavy atom. The van der Waals surface area contributed by atoms with Crippen LogP contribution in [0.4, 0.5) is 4.39 Å². The minimum atomic E-state index is -0.634. The Morgan fingerprint density at radius 1 is 1.20 bits per heavy atom. The Kier molecular flexibility index (Phi) is 3.53. The molecule has 2 aromatic carbocycles. The molecule has 2 aromatic heterocycles. The van der Waals surface area contributed by atoms with Crippen molar-refractivity contribution in [3.63, 3.8) is 0 Å². The van der Waals surface area contributed by atoms with E-state index in [0.29, 0.717) is 23.5 Å². The molecule has 0 saturated heterocycles. The molecule has 0 saturated carbocycles. The van der Waals surface area contributed by atoms with Crippen molar-refractivity contribution in [2.24, 2.45) is 0 Å². The molecular formula is C18H12FN3O3. The van der Waals surface area contributed by atoms with Gasteiger partial charge < -0.3 is 4.57 Å². The average molecular weight is 337 g/mol. The van der Waals surface area contributed by atoms with Crippen LogP contribution in [0.15, 0.2) is 58.0 Å². The number of carbonyl (C=O) groups excluding carboxylic acids is 1. The lowest BCUT2D eigenvalue weighted by atomic mass is 10.1. The number of halogens is 1. The highest BCUT2D eigenvalue weighted by atomic mass is 19.1. The zero-order chi connectivity index (χ0) is 17.4. The topological polar surface area (TPSA) is 80.9 Å². The van der Waals surface area contributed by atoms with Crippen LogP contribution < -0.4 is 5.76 Å². The third kappa shape index (κ3) is 2.76. The van der Waals surface area contributed by atoms with Crippen LogP contribution in [0, 0.1) is 5.82 Å². The van der Waals surface area contributed by atoms with Gasteiger partial charge in [0.1, 0.15) is 5.82 Å². The van der Waals surface area contributed by atoms with Gasteiger partial charge in [-0.3, -0.25) is 14.3 Å². The highest BCUT2D eigenvalue weighted by Gasteiger charge is 2.12. The van der Waals surface area contributed by atoms with E-state index < -0.39 is 5.76 Å². The number of aromatic amines is 1. The number of nitrogens with zero attached hydrogens (tertiary/aromatic N) is 2. The number of carbonyl (C=O) groups is 1. The van der Waals surface area contributed by atoms with Crippen molar-refractivity contribution in [2.45, 2.75) is 6.54 Å². The molecule has 0 spiro atoms. The molecule has 0 fully saturated rings. The second-order valence-electron chi connectivity index (χ2n) is 5.63. The highest BCUT2D eigenvalue weighted by molar-refractivity contribution is 5.99. The van der Waals surface area contributed by atoms with Gasteiger partial charge in [0.25, 0.3) is 0 Å². The quantitative estimate of drug-likeness (QED) is 0.581. The summed E-state index contributed by atoms with van der Waals surface area (Å²) in [5.74, 6) is -0.619. The summed E-state index contributed by atoms with van der Waals surface area (Å²) in [6.07, 6.45) is 2.54. The van der Waals surface area contributed by atoms with Crippen molar-refractivity contribution in [1.82, 2.24) is 14.7 Å². The zero-order valence-electron chi connectivity index (χ0n) is 12.9. The molecule has 0 aliphatic heterocycles. The van der Waals surface area contributed by atoms with Crippen LogP contribution in [0.25, 0.3) is 22.3 Å². The summed E-state index contributed by atoms with van der Waals surface area (Å²) in [7, 11) is 0. The zero-order valence-corrected chi connectivity index (χ0v) is 12.9. The monoisotopic (exact) mass is 337 g/mol. The van der Waals surface area contributed by atoms with Crippen LogP contribution in [-0.2, 0) is 6.54 Å². The third-order valence-electron chi connectivity index (χ3n) is 4.02. The van der Waals surface area contributed by atoms with Crippen LogP contribution in [0.3, 0.4) is 0 Å². The first-order valence-corrected chi connectivity index (χ1v) is 7.53. The summed E-state index contributed by atoms with van der Waals surface area (Å²) in [6.45, 7) is 0.476. The number of fused-ring (bicyclic) bond motifs is 1. The largest absolute Gasteiger partial charge is 0.439 e. The molecule has 0 atom stereocenters. The number of benzene rings is 2. The number of hydrogen-bond acceptors (Lipinski definition) is 4. The van der Waals surface area contributed by atoms with Crippen LogP contribution in [0.2, 0.25) is 0 Å². The molecule has 0 bridgehead atoms. The smallest absolute Gasteiger partial charge is 0.342 e. The molecular weight excluding hydrogens is 325 g/mol. The minimum Gasteiger partial charge on any atom is -0.342 e. The third-order valence-corrected chi connectivity index (χ3v) is 4.02. The number of H-pyrrole nitrogens is 1. The summed E-state index contributed by atoms with van der Waals surface area (Å²) in [6, 6.07) is 11.6. The van der Waals surface area contributed by atoms with E-state index in [1.54, 1.807) is 30.5 Å². The van der Waals surface area contributed by atoms with Gasteiger partial charge in [0.2, 0.25) is 0 Å². The number of rotatable bonds is 4. The van der Waals surface area contributed by atoms with Gasteiger partial charge in [-0.15, -0.1) is 0 Å². The van der Waals surface area contributed by atoms with Gasteiger partial charge >= 0.3 is 5.76 Å². The second-order valence-corrected chi connectivity index (χ2v) is 5.63. The lowest BCUT2D eigenvalue weighted by Crippen LogP contribution is -1.98. The molecule has 2 heterocycles. The van der Waals surface area contributed by atoms with Crippen LogP contribution in [-0.4, -0.2) is 21.0 Å². The SMILES string of the molecule is O=Cc1cn(Cc2ccc(F)cc2)c2cc(-c3noc(=O)[nH]3)ccc12. The van der Waals surface area contributed by atoms with Crippen molar-refractivity contribution in [1.29, 1.82) is 0 Å². The molecule has 7 heteroatoms. The van der Waals surface area contributed by atoms with Gasteiger partial charge in [-0.25, -0.2) is 9.18 Å². The average Bonchev–Trinajstić information content (AvgIpc) is 3.20. The standard InChI is InChI=1S/C18H12FN3O3/c19-14-4-1-11(2-5-14)8-22-9-13(10-23)15-6-3-12(7-16(15)22)17-20-18(24)25-21-17/h1-7,9-10H,8H2,(H,20,21,24). The molecule has 0 aliphatic rings. The van der Waals surface area contributed by atoms with Crippen molar-refractivity contribution < 1.29 is 13.7 Å². The van der Waals surface area contributed by atoms with Crippen molar-refractivity contribution in [2.75, 3.05) is 0 Å².